The maximum Gasteiger partial charge on any atom is 0.257 e. The van der Waals surface area contributed by atoms with Gasteiger partial charge in [0.05, 0.1) is 0 Å². The van der Waals surface area contributed by atoms with Crippen molar-refractivity contribution in [1.82, 2.24) is 5.32 Å². The summed E-state index contributed by atoms with van der Waals surface area (Å²) in [5, 5.41) is 11.8. The number of carbonyl (C=O) groups is 1. The van der Waals surface area contributed by atoms with Crippen LogP contribution in [-0.2, 0) is 11.2 Å². The summed E-state index contributed by atoms with van der Waals surface area (Å²) >= 11 is 0. The van der Waals surface area contributed by atoms with E-state index in [0.717, 1.165) is 6.42 Å². The molecule has 0 aromatic heterocycles. The van der Waals surface area contributed by atoms with Crippen LogP contribution in [0, 0.1) is 5.41 Å². The Morgan fingerprint density at radius 1 is 1.40 bits per heavy atom. The maximum atomic E-state index is 11.7. The minimum Gasteiger partial charge on any atom is -0.484 e. The lowest BCUT2D eigenvalue weighted by atomic mass is 9.90. The van der Waals surface area contributed by atoms with Crippen molar-refractivity contribution >= 4 is 5.91 Å². The molecule has 0 bridgehead atoms. The van der Waals surface area contributed by atoms with Gasteiger partial charge in [0.15, 0.2) is 6.61 Å². The number of carbonyl (C=O) groups excluding carboxylic acids is 1. The highest BCUT2D eigenvalue weighted by Crippen LogP contribution is 2.18. The number of rotatable bonds is 8. The third-order valence-electron chi connectivity index (χ3n) is 3.23. The van der Waals surface area contributed by atoms with E-state index in [2.05, 4.69) is 12.2 Å². The molecule has 2 N–H and O–H groups in total. The van der Waals surface area contributed by atoms with E-state index in [1.54, 1.807) is 0 Å². The van der Waals surface area contributed by atoms with Crippen LogP contribution < -0.4 is 10.1 Å². The molecule has 4 nitrogen and oxygen atoms in total. The van der Waals surface area contributed by atoms with Crippen molar-refractivity contribution in [3.8, 4) is 5.75 Å². The third kappa shape index (κ3) is 6.06. The lowest BCUT2D eigenvalue weighted by Crippen LogP contribution is -2.37. The molecule has 0 heterocycles. The first-order valence-corrected chi connectivity index (χ1v) is 7.06. The smallest absolute Gasteiger partial charge is 0.257 e. The van der Waals surface area contributed by atoms with Gasteiger partial charge in [0.1, 0.15) is 5.75 Å². The van der Waals surface area contributed by atoms with Crippen LogP contribution in [-0.4, -0.2) is 30.8 Å². The van der Waals surface area contributed by atoms with Gasteiger partial charge in [-0.15, -0.1) is 0 Å². The van der Waals surface area contributed by atoms with Gasteiger partial charge in [-0.1, -0.05) is 32.9 Å². The predicted molar refractivity (Wildman–Crippen MR) is 79.8 cm³/mol. The first-order chi connectivity index (χ1) is 9.46. The Bertz CT molecular complexity index is 429. The van der Waals surface area contributed by atoms with E-state index in [4.69, 9.17) is 9.84 Å². The van der Waals surface area contributed by atoms with Crippen LogP contribution in [0.25, 0.3) is 0 Å². The number of benzene rings is 1. The zero-order valence-electron chi connectivity index (χ0n) is 12.6. The first kappa shape index (κ1) is 16.5. The molecule has 4 heteroatoms. The van der Waals surface area contributed by atoms with Crippen LogP contribution in [0.1, 0.15) is 32.8 Å². The SMILES string of the molecule is CCc1cccc(OCC(=O)NCC(C)(C)CCO)c1. The van der Waals surface area contributed by atoms with Crippen molar-refractivity contribution in [2.24, 2.45) is 5.41 Å². The van der Waals surface area contributed by atoms with E-state index < -0.39 is 0 Å². The fraction of sp³-hybridized carbons (Fsp3) is 0.562. The summed E-state index contributed by atoms with van der Waals surface area (Å²) in [4.78, 5) is 11.7. The van der Waals surface area contributed by atoms with Gasteiger partial charge in [0.2, 0.25) is 0 Å². The van der Waals surface area contributed by atoms with Crippen molar-refractivity contribution in [2.75, 3.05) is 19.8 Å². The van der Waals surface area contributed by atoms with E-state index in [1.807, 2.05) is 38.1 Å². The topological polar surface area (TPSA) is 58.6 Å². The lowest BCUT2D eigenvalue weighted by molar-refractivity contribution is -0.123. The number of aliphatic hydroxyl groups is 1. The molecule has 20 heavy (non-hydrogen) atoms. The third-order valence-corrected chi connectivity index (χ3v) is 3.23. The molecule has 0 aliphatic carbocycles. The van der Waals surface area contributed by atoms with Crippen LogP contribution >= 0.6 is 0 Å². The zero-order chi connectivity index (χ0) is 15.0. The standard InChI is InChI=1S/C16H25NO3/c1-4-13-6-5-7-14(10-13)20-11-15(19)17-12-16(2,3)8-9-18/h5-7,10,18H,4,8-9,11-12H2,1-3H3,(H,17,19). The fourth-order valence-corrected chi connectivity index (χ4v) is 1.78. The molecule has 1 aromatic carbocycles. The number of hydrogen-bond acceptors (Lipinski definition) is 3. The summed E-state index contributed by atoms with van der Waals surface area (Å²) in [6.45, 7) is 6.77. The molecule has 0 fully saturated rings. The number of ether oxygens (including phenoxy) is 1. The van der Waals surface area contributed by atoms with Gasteiger partial charge in [-0.2, -0.15) is 0 Å². The molecule has 1 amide bonds. The Morgan fingerprint density at radius 2 is 2.15 bits per heavy atom. The Labute approximate surface area is 121 Å². The maximum absolute atomic E-state index is 11.7. The highest BCUT2D eigenvalue weighted by atomic mass is 16.5. The molecule has 0 aliphatic rings. The second-order valence-electron chi connectivity index (χ2n) is 5.70. The van der Waals surface area contributed by atoms with Gasteiger partial charge >= 0.3 is 0 Å². The molecule has 0 radical (unpaired) electrons. The second kappa shape index (κ2) is 7.90. The second-order valence-corrected chi connectivity index (χ2v) is 5.70. The van der Waals surface area contributed by atoms with Crippen molar-refractivity contribution < 1.29 is 14.6 Å². The van der Waals surface area contributed by atoms with Crippen LogP contribution in [0.3, 0.4) is 0 Å². The summed E-state index contributed by atoms with van der Waals surface area (Å²) in [5.41, 5.74) is 1.08. The summed E-state index contributed by atoms with van der Waals surface area (Å²) < 4.78 is 5.47. The molecule has 1 rings (SSSR count). The average molecular weight is 279 g/mol. The lowest BCUT2D eigenvalue weighted by Gasteiger charge is -2.23. The minimum atomic E-state index is -0.141. The summed E-state index contributed by atoms with van der Waals surface area (Å²) in [5.74, 6) is 0.576. The van der Waals surface area contributed by atoms with Crippen molar-refractivity contribution in [2.45, 2.75) is 33.6 Å². The minimum absolute atomic E-state index is 0.0162. The van der Waals surface area contributed by atoms with E-state index >= 15 is 0 Å². The van der Waals surface area contributed by atoms with Gasteiger partial charge in [-0.3, -0.25) is 4.79 Å². The molecule has 0 saturated heterocycles. The molecule has 0 saturated carbocycles. The summed E-state index contributed by atoms with van der Waals surface area (Å²) in [7, 11) is 0. The van der Waals surface area contributed by atoms with Gasteiger partial charge in [-0.05, 0) is 36.0 Å². The number of aliphatic hydroxyl groups excluding tert-OH is 1. The fourth-order valence-electron chi connectivity index (χ4n) is 1.78. The summed E-state index contributed by atoms with van der Waals surface area (Å²) in [6.07, 6.45) is 1.60. The van der Waals surface area contributed by atoms with Gasteiger partial charge in [0, 0.05) is 13.2 Å². The molecule has 0 aliphatic heterocycles. The Balaban J connectivity index is 2.36. The van der Waals surface area contributed by atoms with Crippen LogP contribution in [0.4, 0.5) is 0 Å². The normalized spacial score (nSPS) is 11.2. The first-order valence-electron chi connectivity index (χ1n) is 7.06. The van der Waals surface area contributed by atoms with Gasteiger partial charge in [0.25, 0.3) is 5.91 Å². The van der Waals surface area contributed by atoms with Crippen LogP contribution in [0.5, 0.6) is 5.75 Å². The number of hydrogen-bond donors (Lipinski definition) is 2. The summed E-state index contributed by atoms with van der Waals surface area (Å²) in [6, 6.07) is 7.76. The molecule has 0 spiro atoms. The van der Waals surface area contributed by atoms with E-state index in [1.165, 1.54) is 5.56 Å². The van der Waals surface area contributed by atoms with Crippen molar-refractivity contribution in [1.29, 1.82) is 0 Å². The van der Waals surface area contributed by atoms with Crippen LogP contribution in [0.2, 0.25) is 0 Å². The van der Waals surface area contributed by atoms with E-state index in [9.17, 15) is 4.79 Å². The monoisotopic (exact) mass is 279 g/mol. The molecule has 112 valence electrons. The highest BCUT2D eigenvalue weighted by Gasteiger charge is 2.18. The Morgan fingerprint density at radius 3 is 2.80 bits per heavy atom. The molecule has 1 aromatic rings. The zero-order valence-corrected chi connectivity index (χ0v) is 12.6. The Hall–Kier alpha value is -1.55. The van der Waals surface area contributed by atoms with Gasteiger partial charge < -0.3 is 15.2 Å². The van der Waals surface area contributed by atoms with E-state index in [-0.39, 0.29) is 24.5 Å². The number of aryl methyl sites for hydroxylation is 1. The number of nitrogens with one attached hydrogen (secondary N) is 1. The highest BCUT2D eigenvalue weighted by molar-refractivity contribution is 5.77. The number of amides is 1. The molecular weight excluding hydrogens is 254 g/mol. The van der Waals surface area contributed by atoms with Crippen LogP contribution in [0.15, 0.2) is 24.3 Å². The van der Waals surface area contributed by atoms with Crippen molar-refractivity contribution in [3.63, 3.8) is 0 Å². The molecule has 0 unspecified atom stereocenters. The van der Waals surface area contributed by atoms with Crippen molar-refractivity contribution in [3.05, 3.63) is 29.8 Å². The molecule has 0 atom stereocenters. The Kier molecular flexibility index (Phi) is 6.52. The van der Waals surface area contributed by atoms with Gasteiger partial charge in [-0.25, -0.2) is 0 Å². The largest absolute Gasteiger partial charge is 0.484 e. The van der Waals surface area contributed by atoms with E-state index in [0.29, 0.717) is 18.7 Å². The average Bonchev–Trinajstić information content (AvgIpc) is 2.43. The predicted octanol–water partition coefficient (Wildman–Crippen LogP) is 2.15. The quantitative estimate of drug-likeness (QED) is 0.766. The molecular formula is C16H25NO3.